The van der Waals surface area contributed by atoms with Gasteiger partial charge < -0.3 is 10.1 Å². The number of rotatable bonds is 4. The molecule has 0 spiro atoms. The van der Waals surface area contributed by atoms with Crippen molar-refractivity contribution in [2.45, 2.75) is 13.0 Å². The van der Waals surface area contributed by atoms with Crippen LogP contribution in [0.25, 0.3) is 0 Å². The SMILES string of the molecule is CC(OC(=O)c1ccc(C#N)cc1)C(=O)Nc1ccc(C#N)c(Cl)c1. The number of halogens is 1. The Labute approximate surface area is 149 Å². The van der Waals surface area contributed by atoms with Crippen molar-refractivity contribution in [3.63, 3.8) is 0 Å². The van der Waals surface area contributed by atoms with Crippen LogP contribution in [0.5, 0.6) is 0 Å². The van der Waals surface area contributed by atoms with Crippen molar-refractivity contribution < 1.29 is 14.3 Å². The number of anilines is 1. The molecule has 0 bridgehead atoms. The summed E-state index contributed by atoms with van der Waals surface area (Å²) in [5.74, 6) is -1.22. The van der Waals surface area contributed by atoms with Gasteiger partial charge in [-0.25, -0.2) is 4.79 Å². The molecule has 0 saturated heterocycles. The summed E-state index contributed by atoms with van der Waals surface area (Å²) in [5.41, 5.74) is 1.33. The maximum absolute atomic E-state index is 12.1. The van der Waals surface area contributed by atoms with Crippen molar-refractivity contribution in [1.29, 1.82) is 10.5 Å². The average molecular weight is 354 g/mol. The van der Waals surface area contributed by atoms with Crippen LogP contribution >= 0.6 is 11.6 Å². The molecule has 1 atom stereocenters. The fraction of sp³-hybridized carbons (Fsp3) is 0.111. The molecule has 0 aliphatic rings. The highest BCUT2D eigenvalue weighted by Gasteiger charge is 2.19. The van der Waals surface area contributed by atoms with Crippen molar-refractivity contribution in [3.8, 4) is 12.1 Å². The number of carbonyl (C=O) groups is 2. The zero-order chi connectivity index (χ0) is 18.4. The maximum Gasteiger partial charge on any atom is 0.338 e. The van der Waals surface area contributed by atoms with Gasteiger partial charge in [-0.15, -0.1) is 0 Å². The van der Waals surface area contributed by atoms with E-state index in [1.807, 2.05) is 12.1 Å². The van der Waals surface area contributed by atoms with Gasteiger partial charge in [0.1, 0.15) is 6.07 Å². The summed E-state index contributed by atoms with van der Waals surface area (Å²) in [7, 11) is 0. The van der Waals surface area contributed by atoms with Gasteiger partial charge in [-0.05, 0) is 49.4 Å². The molecule has 124 valence electrons. The van der Waals surface area contributed by atoms with E-state index >= 15 is 0 Å². The van der Waals surface area contributed by atoms with Gasteiger partial charge in [-0.2, -0.15) is 10.5 Å². The quantitative estimate of drug-likeness (QED) is 0.849. The first-order valence-electron chi connectivity index (χ1n) is 7.16. The summed E-state index contributed by atoms with van der Waals surface area (Å²) < 4.78 is 5.10. The minimum Gasteiger partial charge on any atom is -0.449 e. The Morgan fingerprint density at radius 1 is 1.12 bits per heavy atom. The second-order valence-electron chi connectivity index (χ2n) is 5.03. The van der Waals surface area contributed by atoms with E-state index in [9.17, 15) is 9.59 Å². The second kappa shape index (κ2) is 7.96. The lowest BCUT2D eigenvalue weighted by molar-refractivity contribution is -0.123. The standard InChI is InChI=1S/C18H12ClN3O3/c1-11(25-18(24)13-4-2-12(9-20)3-5-13)17(23)22-15-7-6-14(10-21)16(19)8-15/h2-8,11H,1H3,(H,22,23). The van der Waals surface area contributed by atoms with E-state index in [0.717, 1.165) is 0 Å². The van der Waals surface area contributed by atoms with Gasteiger partial charge in [0.05, 0.1) is 27.8 Å². The lowest BCUT2D eigenvalue weighted by Crippen LogP contribution is -2.30. The lowest BCUT2D eigenvalue weighted by atomic mass is 10.1. The Morgan fingerprint density at radius 3 is 2.36 bits per heavy atom. The molecule has 7 heteroatoms. The lowest BCUT2D eigenvalue weighted by Gasteiger charge is -2.14. The fourth-order valence-electron chi connectivity index (χ4n) is 1.89. The van der Waals surface area contributed by atoms with E-state index in [1.54, 1.807) is 0 Å². The van der Waals surface area contributed by atoms with Gasteiger partial charge in [-0.3, -0.25) is 4.79 Å². The Bertz CT molecular complexity index is 895. The predicted molar refractivity (Wildman–Crippen MR) is 90.8 cm³/mol. The van der Waals surface area contributed by atoms with Crippen molar-refractivity contribution >= 4 is 29.2 Å². The summed E-state index contributed by atoms with van der Waals surface area (Å²) in [5, 5.41) is 20.3. The molecule has 0 saturated carbocycles. The van der Waals surface area contributed by atoms with Gasteiger partial charge in [0.25, 0.3) is 5.91 Å². The fourth-order valence-corrected chi connectivity index (χ4v) is 2.11. The number of esters is 1. The third-order valence-corrected chi connectivity index (χ3v) is 3.57. The molecule has 0 aromatic heterocycles. The van der Waals surface area contributed by atoms with Crippen molar-refractivity contribution in [2.24, 2.45) is 0 Å². The zero-order valence-electron chi connectivity index (χ0n) is 13.1. The van der Waals surface area contributed by atoms with Crippen LogP contribution < -0.4 is 5.32 Å². The van der Waals surface area contributed by atoms with E-state index in [4.69, 9.17) is 26.9 Å². The van der Waals surface area contributed by atoms with E-state index in [1.165, 1.54) is 49.4 Å². The number of hydrogen-bond donors (Lipinski definition) is 1. The molecule has 2 aromatic carbocycles. The third kappa shape index (κ3) is 4.57. The molecule has 25 heavy (non-hydrogen) atoms. The van der Waals surface area contributed by atoms with Crippen LogP contribution in [0.4, 0.5) is 5.69 Å². The number of benzene rings is 2. The zero-order valence-corrected chi connectivity index (χ0v) is 13.9. The van der Waals surface area contributed by atoms with Crippen LogP contribution in [0.1, 0.15) is 28.4 Å². The summed E-state index contributed by atoms with van der Waals surface area (Å²) in [6.45, 7) is 1.43. The van der Waals surface area contributed by atoms with Crippen LogP contribution in [0.2, 0.25) is 5.02 Å². The van der Waals surface area contributed by atoms with Crippen LogP contribution in [0, 0.1) is 22.7 Å². The van der Waals surface area contributed by atoms with Gasteiger partial charge in [0.15, 0.2) is 6.10 Å². The Kier molecular flexibility index (Phi) is 5.73. The molecule has 1 amide bonds. The van der Waals surface area contributed by atoms with Crippen LogP contribution in [-0.2, 0) is 9.53 Å². The maximum atomic E-state index is 12.1. The Hall–Kier alpha value is -3.35. The van der Waals surface area contributed by atoms with E-state index in [-0.39, 0.29) is 10.6 Å². The van der Waals surface area contributed by atoms with Gasteiger partial charge in [-0.1, -0.05) is 11.6 Å². The highest BCUT2D eigenvalue weighted by molar-refractivity contribution is 6.32. The molecule has 0 aliphatic heterocycles. The summed E-state index contributed by atoms with van der Waals surface area (Å²) in [4.78, 5) is 24.1. The number of amides is 1. The third-order valence-electron chi connectivity index (χ3n) is 3.26. The van der Waals surface area contributed by atoms with E-state index in [0.29, 0.717) is 16.8 Å². The number of hydrogen-bond acceptors (Lipinski definition) is 5. The first-order chi connectivity index (χ1) is 11.9. The smallest absolute Gasteiger partial charge is 0.338 e. The summed E-state index contributed by atoms with van der Waals surface area (Å²) >= 11 is 5.90. The number of ether oxygens (including phenoxy) is 1. The Balaban J connectivity index is 2.00. The largest absolute Gasteiger partial charge is 0.449 e. The van der Waals surface area contributed by atoms with Crippen molar-refractivity contribution in [1.82, 2.24) is 0 Å². The second-order valence-corrected chi connectivity index (χ2v) is 5.44. The van der Waals surface area contributed by atoms with E-state index < -0.39 is 18.0 Å². The highest BCUT2D eigenvalue weighted by atomic mass is 35.5. The topological polar surface area (TPSA) is 103 Å². The molecule has 1 unspecified atom stereocenters. The number of nitrogens with zero attached hydrogens (tertiary/aromatic N) is 2. The molecule has 0 heterocycles. The molecular formula is C18H12ClN3O3. The van der Waals surface area contributed by atoms with Gasteiger partial charge in [0.2, 0.25) is 0 Å². The van der Waals surface area contributed by atoms with E-state index in [2.05, 4.69) is 5.32 Å². The molecular weight excluding hydrogens is 342 g/mol. The molecule has 0 fully saturated rings. The highest BCUT2D eigenvalue weighted by Crippen LogP contribution is 2.20. The summed E-state index contributed by atoms with van der Waals surface area (Å²) in [6.07, 6.45) is -1.04. The molecule has 0 aliphatic carbocycles. The average Bonchev–Trinajstić information content (AvgIpc) is 2.61. The van der Waals surface area contributed by atoms with Gasteiger partial charge in [0, 0.05) is 5.69 Å². The number of nitriles is 2. The van der Waals surface area contributed by atoms with Crippen molar-refractivity contribution in [3.05, 3.63) is 64.2 Å². The van der Waals surface area contributed by atoms with Gasteiger partial charge >= 0.3 is 5.97 Å². The van der Waals surface area contributed by atoms with Crippen LogP contribution in [0.15, 0.2) is 42.5 Å². The molecule has 1 N–H and O–H groups in total. The predicted octanol–water partition coefficient (Wildman–Crippen LogP) is 3.27. The normalized spacial score (nSPS) is 10.9. The molecule has 2 rings (SSSR count). The number of nitrogens with one attached hydrogen (secondary N) is 1. The number of carbonyl (C=O) groups excluding carboxylic acids is 2. The first kappa shape index (κ1) is 18.0. The Morgan fingerprint density at radius 2 is 1.80 bits per heavy atom. The summed E-state index contributed by atoms with van der Waals surface area (Å²) in [6, 6.07) is 14.2. The minimum absolute atomic E-state index is 0.211. The first-order valence-corrected chi connectivity index (χ1v) is 7.54. The molecule has 2 aromatic rings. The van der Waals surface area contributed by atoms with Crippen molar-refractivity contribution in [2.75, 3.05) is 5.32 Å². The van der Waals surface area contributed by atoms with Crippen LogP contribution in [-0.4, -0.2) is 18.0 Å². The van der Waals surface area contributed by atoms with Crippen LogP contribution in [0.3, 0.4) is 0 Å². The molecule has 6 nitrogen and oxygen atoms in total. The monoisotopic (exact) mass is 353 g/mol. The minimum atomic E-state index is -1.04. The molecule has 0 radical (unpaired) electrons.